The van der Waals surface area contributed by atoms with Gasteiger partial charge < -0.3 is 9.80 Å². The van der Waals surface area contributed by atoms with E-state index in [4.69, 9.17) is 0 Å². The van der Waals surface area contributed by atoms with Crippen LogP contribution in [0.5, 0.6) is 0 Å². The summed E-state index contributed by atoms with van der Waals surface area (Å²) >= 11 is 0. The number of fused-ring (bicyclic) bond motifs is 6. The zero-order valence-electron chi connectivity index (χ0n) is 17.5. The maximum atomic E-state index is 13.7. The Morgan fingerprint density at radius 1 is 1.12 bits per heavy atom. The van der Waals surface area contributed by atoms with Gasteiger partial charge in [0.15, 0.2) is 0 Å². The van der Waals surface area contributed by atoms with Crippen LogP contribution in [0.25, 0.3) is 10.9 Å². The van der Waals surface area contributed by atoms with E-state index in [2.05, 4.69) is 11.1 Å². The van der Waals surface area contributed by atoms with E-state index in [0.717, 1.165) is 17.0 Å². The number of carbonyl (C=O) groups excluding carboxylic acids is 3. The Hall–Kier alpha value is -4.39. The number of nitriles is 1. The van der Waals surface area contributed by atoms with Gasteiger partial charge >= 0.3 is 6.03 Å². The smallest absolute Gasteiger partial charge is 0.331 e. The van der Waals surface area contributed by atoms with Gasteiger partial charge in [-0.3, -0.25) is 14.6 Å². The number of rotatable bonds is 2. The predicted octanol–water partition coefficient (Wildman–Crippen LogP) is 2.82. The van der Waals surface area contributed by atoms with Gasteiger partial charge in [-0.1, -0.05) is 0 Å². The van der Waals surface area contributed by atoms with Crippen LogP contribution in [0.1, 0.15) is 22.3 Å². The third-order valence-corrected chi connectivity index (χ3v) is 6.74. The van der Waals surface area contributed by atoms with Gasteiger partial charge in [0.25, 0.3) is 11.8 Å². The van der Waals surface area contributed by atoms with Crippen molar-refractivity contribution in [3.63, 3.8) is 0 Å². The maximum absolute atomic E-state index is 13.7. The number of piperazine rings is 1. The predicted molar refractivity (Wildman–Crippen MR) is 115 cm³/mol. The van der Waals surface area contributed by atoms with Crippen LogP contribution in [0.4, 0.5) is 19.3 Å². The van der Waals surface area contributed by atoms with Crippen molar-refractivity contribution < 1.29 is 23.2 Å². The van der Waals surface area contributed by atoms with Crippen LogP contribution in [0, 0.1) is 23.0 Å². The molecule has 4 heterocycles. The topological polar surface area (TPSA) is 97.6 Å². The molecule has 34 heavy (non-hydrogen) atoms. The molecule has 0 N–H and O–H groups in total. The van der Waals surface area contributed by atoms with Crippen molar-refractivity contribution in [2.75, 3.05) is 11.4 Å². The lowest BCUT2D eigenvalue weighted by Crippen LogP contribution is -2.54. The molecule has 0 radical (unpaired) electrons. The molecule has 3 aliphatic rings. The minimum atomic E-state index is -0.893. The molecule has 168 valence electrons. The van der Waals surface area contributed by atoms with E-state index in [9.17, 15) is 28.4 Å². The number of benzene rings is 2. The molecule has 6 rings (SSSR count). The highest BCUT2D eigenvalue weighted by atomic mass is 19.1. The Morgan fingerprint density at radius 3 is 2.62 bits per heavy atom. The monoisotopic (exact) mass is 459 g/mol. The number of hydrogen-bond acceptors (Lipinski definition) is 5. The second kappa shape index (κ2) is 7.05. The molecule has 0 aliphatic carbocycles. The lowest BCUT2D eigenvalue weighted by atomic mass is 10.1. The van der Waals surface area contributed by atoms with Crippen LogP contribution >= 0.6 is 0 Å². The first kappa shape index (κ1) is 20.2. The fourth-order valence-corrected chi connectivity index (χ4v) is 5.40. The highest BCUT2D eigenvalue weighted by molar-refractivity contribution is 6.25. The molecule has 3 unspecified atom stereocenters. The van der Waals surface area contributed by atoms with Gasteiger partial charge in [-0.05, 0) is 42.8 Å². The van der Waals surface area contributed by atoms with Crippen LogP contribution in [0.15, 0.2) is 48.7 Å². The Balaban J connectivity index is 1.37. The molecule has 3 aliphatic heterocycles. The molecule has 0 saturated carbocycles. The molecule has 3 aromatic rings. The first-order chi connectivity index (χ1) is 16.4. The number of carbonyl (C=O) groups is 3. The van der Waals surface area contributed by atoms with Gasteiger partial charge in [0.05, 0.1) is 28.9 Å². The van der Waals surface area contributed by atoms with Gasteiger partial charge in [-0.25, -0.2) is 18.5 Å². The molecule has 0 spiro atoms. The summed E-state index contributed by atoms with van der Waals surface area (Å²) in [6.07, 6.45) is 1.94. The molecule has 2 bridgehead atoms. The lowest BCUT2D eigenvalue weighted by Gasteiger charge is -2.34. The van der Waals surface area contributed by atoms with Crippen LogP contribution in [0.2, 0.25) is 0 Å². The number of nitrogens with zero attached hydrogens (tertiary/aromatic N) is 5. The molecule has 2 aromatic carbocycles. The first-order valence-corrected chi connectivity index (χ1v) is 10.6. The van der Waals surface area contributed by atoms with Crippen LogP contribution < -0.4 is 4.90 Å². The van der Waals surface area contributed by atoms with Crippen LogP contribution in [0.3, 0.4) is 0 Å². The van der Waals surface area contributed by atoms with Crippen LogP contribution in [-0.4, -0.2) is 57.3 Å². The summed E-state index contributed by atoms with van der Waals surface area (Å²) in [5.41, 5.74) is 0.867. The minimum absolute atomic E-state index is 0.144. The van der Waals surface area contributed by atoms with Gasteiger partial charge in [0.2, 0.25) is 0 Å². The summed E-state index contributed by atoms with van der Waals surface area (Å²) < 4.78 is 27.3. The third-order valence-electron chi connectivity index (χ3n) is 6.74. The standard InChI is InChI=1S/C24H15F2N5O3/c25-14-6-13(7-15(26)8-14)22(32)29-11-16-9-19(29)21-23(33)31(24(34)30(16)21)18-4-3-12(10-27)20-17(18)2-1-5-28-20/h1-8,16,19,21H,9,11H2. The Morgan fingerprint density at radius 2 is 1.88 bits per heavy atom. The third kappa shape index (κ3) is 2.67. The van der Waals surface area contributed by atoms with Gasteiger partial charge in [0.1, 0.15) is 23.7 Å². The Labute approximate surface area is 191 Å². The molecule has 3 fully saturated rings. The summed E-state index contributed by atoms with van der Waals surface area (Å²) in [6, 6.07) is 8.67. The number of hydrogen-bond donors (Lipinski definition) is 0. The average Bonchev–Trinajstić information content (AvgIpc) is 3.49. The van der Waals surface area contributed by atoms with Gasteiger partial charge in [-0.2, -0.15) is 5.26 Å². The fraction of sp³-hybridized carbons (Fsp3) is 0.208. The van der Waals surface area contributed by atoms with E-state index in [-0.39, 0.29) is 18.2 Å². The number of urea groups is 1. The normalized spacial score (nSPS) is 23.1. The summed E-state index contributed by atoms with van der Waals surface area (Å²) in [6.45, 7) is 0.167. The quantitative estimate of drug-likeness (QED) is 0.549. The van der Waals surface area contributed by atoms with Crippen LogP contribution in [-0.2, 0) is 4.79 Å². The second-order valence-corrected chi connectivity index (χ2v) is 8.52. The lowest BCUT2D eigenvalue weighted by molar-refractivity contribution is -0.121. The van der Waals surface area contributed by atoms with Crippen molar-refractivity contribution in [1.29, 1.82) is 5.26 Å². The number of imide groups is 1. The molecule has 8 nitrogen and oxygen atoms in total. The number of amides is 4. The second-order valence-electron chi connectivity index (χ2n) is 8.52. The minimum Gasteiger partial charge on any atom is -0.331 e. The number of aromatic nitrogens is 1. The summed E-state index contributed by atoms with van der Waals surface area (Å²) in [4.78, 5) is 48.1. The number of halogens is 2. The summed E-state index contributed by atoms with van der Waals surface area (Å²) in [5, 5.41) is 9.87. The van der Waals surface area contributed by atoms with E-state index < -0.39 is 41.6 Å². The molecular formula is C24H15F2N5O3. The number of pyridine rings is 1. The molecule has 10 heteroatoms. The molecule has 1 aromatic heterocycles. The zero-order valence-corrected chi connectivity index (χ0v) is 17.5. The first-order valence-electron chi connectivity index (χ1n) is 10.6. The van der Waals surface area contributed by atoms with E-state index >= 15 is 0 Å². The van der Waals surface area contributed by atoms with Crippen molar-refractivity contribution in [1.82, 2.24) is 14.8 Å². The number of anilines is 1. The van der Waals surface area contributed by atoms with Crippen molar-refractivity contribution in [2.24, 2.45) is 0 Å². The molecule has 4 amide bonds. The highest BCUT2D eigenvalue weighted by Crippen LogP contribution is 2.44. The number of likely N-dealkylation sites (tertiary alicyclic amines) is 1. The fourth-order valence-electron chi connectivity index (χ4n) is 5.40. The maximum Gasteiger partial charge on any atom is 0.332 e. The van der Waals surface area contributed by atoms with Crippen molar-refractivity contribution in [3.8, 4) is 6.07 Å². The SMILES string of the molecule is N#Cc1ccc(N2C(=O)C3C4CC(CN4C(=O)c4cc(F)cc(F)c4)N3C2=O)c2cccnc12. The summed E-state index contributed by atoms with van der Waals surface area (Å²) in [5.74, 6) is -2.81. The van der Waals surface area contributed by atoms with Gasteiger partial charge in [-0.15, -0.1) is 0 Å². The average molecular weight is 459 g/mol. The summed E-state index contributed by atoms with van der Waals surface area (Å²) in [7, 11) is 0. The van der Waals surface area contributed by atoms with Gasteiger partial charge in [0, 0.05) is 29.8 Å². The van der Waals surface area contributed by atoms with Crippen molar-refractivity contribution in [3.05, 3.63) is 71.4 Å². The molecular weight excluding hydrogens is 444 g/mol. The molecule has 3 atom stereocenters. The Kier molecular flexibility index (Phi) is 4.20. The van der Waals surface area contributed by atoms with E-state index in [1.165, 1.54) is 22.1 Å². The molecule has 3 saturated heterocycles. The van der Waals surface area contributed by atoms with Crippen molar-refractivity contribution in [2.45, 2.75) is 24.5 Å². The zero-order chi connectivity index (χ0) is 23.7. The largest absolute Gasteiger partial charge is 0.332 e. The Bertz CT molecular complexity index is 1450. The van der Waals surface area contributed by atoms with Crippen molar-refractivity contribution >= 4 is 34.4 Å². The van der Waals surface area contributed by atoms with E-state index in [0.29, 0.717) is 34.6 Å². The van der Waals surface area contributed by atoms with E-state index in [1.54, 1.807) is 18.2 Å². The van der Waals surface area contributed by atoms with E-state index in [1.807, 2.05) is 0 Å². The highest BCUT2D eigenvalue weighted by Gasteiger charge is 2.63.